The average molecular weight is 280 g/mol. The van der Waals surface area contributed by atoms with Crippen molar-refractivity contribution in [1.82, 2.24) is 0 Å². The smallest absolute Gasteiger partial charge is 0.173 e. The Morgan fingerprint density at radius 2 is 1.62 bits per heavy atom. The first kappa shape index (κ1) is 14.0. The van der Waals surface area contributed by atoms with Gasteiger partial charge in [0.1, 0.15) is 0 Å². The van der Waals surface area contributed by atoms with E-state index in [1.165, 1.54) is 24.8 Å². The van der Waals surface area contributed by atoms with Crippen LogP contribution >= 0.6 is 0 Å². The van der Waals surface area contributed by atoms with Crippen LogP contribution in [0.2, 0.25) is 0 Å². The van der Waals surface area contributed by atoms with Crippen molar-refractivity contribution in [2.75, 3.05) is 0 Å². The SMILES string of the molecule is O=C(c1cc[n+](Cc2ccccc2)cc1)C1CCCCC1. The maximum Gasteiger partial charge on any atom is 0.173 e. The number of hydrogen-bond acceptors (Lipinski definition) is 1. The van der Waals surface area contributed by atoms with Gasteiger partial charge in [-0.1, -0.05) is 49.6 Å². The number of nitrogens with zero attached hydrogens (tertiary/aromatic N) is 1. The largest absolute Gasteiger partial charge is 0.294 e. The normalized spacial score (nSPS) is 15.8. The Hall–Kier alpha value is -1.96. The molecule has 108 valence electrons. The van der Waals surface area contributed by atoms with Gasteiger partial charge in [-0.25, -0.2) is 4.57 Å². The van der Waals surface area contributed by atoms with Gasteiger partial charge in [-0.3, -0.25) is 4.79 Å². The topological polar surface area (TPSA) is 20.9 Å². The van der Waals surface area contributed by atoms with E-state index in [2.05, 4.69) is 28.8 Å². The molecule has 1 aliphatic rings. The second-order valence-electron chi connectivity index (χ2n) is 5.94. The van der Waals surface area contributed by atoms with Crippen LogP contribution in [0.5, 0.6) is 0 Å². The zero-order valence-electron chi connectivity index (χ0n) is 12.4. The summed E-state index contributed by atoms with van der Waals surface area (Å²) in [6.07, 6.45) is 9.87. The van der Waals surface area contributed by atoms with Crippen LogP contribution in [-0.4, -0.2) is 5.78 Å². The van der Waals surface area contributed by atoms with E-state index >= 15 is 0 Å². The quantitative estimate of drug-likeness (QED) is 0.616. The molecule has 2 heteroatoms. The van der Waals surface area contributed by atoms with E-state index in [1.54, 1.807) is 0 Å². The molecule has 1 aliphatic carbocycles. The summed E-state index contributed by atoms with van der Waals surface area (Å²) in [5.41, 5.74) is 2.14. The molecule has 0 spiro atoms. The van der Waals surface area contributed by atoms with Crippen LogP contribution in [0.25, 0.3) is 0 Å². The maximum absolute atomic E-state index is 12.5. The summed E-state index contributed by atoms with van der Waals surface area (Å²) in [6.45, 7) is 0.846. The van der Waals surface area contributed by atoms with E-state index < -0.39 is 0 Å². The molecule has 0 radical (unpaired) electrons. The highest BCUT2D eigenvalue weighted by Gasteiger charge is 2.22. The van der Waals surface area contributed by atoms with Crippen LogP contribution in [0, 0.1) is 5.92 Å². The highest BCUT2D eigenvalue weighted by Crippen LogP contribution is 2.26. The lowest BCUT2D eigenvalue weighted by Gasteiger charge is -2.19. The zero-order valence-corrected chi connectivity index (χ0v) is 12.4. The van der Waals surface area contributed by atoms with Crippen LogP contribution in [-0.2, 0) is 6.54 Å². The monoisotopic (exact) mass is 280 g/mol. The molecule has 0 N–H and O–H groups in total. The van der Waals surface area contributed by atoms with Crippen LogP contribution in [0.4, 0.5) is 0 Å². The molecule has 1 aromatic carbocycles. The predicted octanol–water partition coefficient (Wildman–Crippen LogP) is 3.79. The molecule has 1 saturated carbocycles. The van der Waals surface area contributed by atoms with Crippen molar-refractivity contribution in [3.05, 3.63) is 66.0 Å². The number of carbonyl (C=O) groups is 1. The Bertz CT molecular complexity index is 583. The Morgan fingerprint density at radius 3 is 2.29 bits per heavy atom. The molecule has 2 aromatic rings. The summed E-state index contributed by atoms with van der Waals surface area (Å²) in [5.74, 6) is 0.588. The molecule has 0 amide bonds. The number of benzene rings is 1. The first-order valence-corrected chi connectivity index (χ1v) is 7.90. The fourth-order valence-corrected chi connectivity index (χ4v) is 3.12. The molecule has 1 heterocycles. The summed E-state index contributed by atoms with van der Waals surface area (Å²) >= 11 is 0. The second kappa shape index (κ2) is 6.66. The summed E-state index contributed by atoms with van der Waals surface area (Å²) in [7, 11) is 0. The van der Waals surface area contributed by atoms with Crippen molar-refractivity contribution in [2.24, 2.45) is 5.92 Å². The molecule has 0 unspecified atom stereocenters. The van der Waals surface area contributed by atoms with Crippen LogP contribution in [0.3, 0.4) is 0 Å². The van der Waals surface area contributed by atoms with Gasteiger partial charge in [0.2, 0.25) is 0 Å². The number of rotatable bonds is 4. The van der Waals surface area contributed by atoms with E-state index in [0.29, 0.717) is 5.78 Å². The second-order valence-corrected chi connectivity index (χ2v) is 5.94. The predicted molar refractivity (Wildman–Crippen MR) is 83.1 cm³/mol. The van der Waals surface area contributed by atoms with Crippen molar-refractivity contribution in [3.63, 3.8) is 0 Å². The molecule has 0 saturated heterocycles. The van der Waals surface area contributed by atoms with Crippen molar-refractivity contribution in [1.29, 1.82) is 0 Å². The van der Waals surface area contributed by atoms with E-state index in [1.807, 2.05) is 30.6 Å². The van der Waals surface area contributed by atoms with Gasteiger partial charge in [0.15, 0.2) is 24.7 Å². The number of carbonyl (C=O) groups excluding carboxylic acids is 1. The van der Waals surface area contributed by atoms with Gasteiger partial charge in [0.05, 0.1) is 0 Å². The van der Waals surface area contributed by atoms with Crippen molar-refractivity contribution >= 4 is 5.78 Å². The lowest BCUT2D eigenvalue weighted by molar-refractivity contribution is -0.688. The Balaban J connectivity index is 1.67. The standard InChI is InChI=1S/C19H22NO/c21-19(17-9-5-2-6-10-17)18-11-13-20(14-12-18)15-16-7-3-1-4-8-16/h1,3-4,7-8,11-14,17H,2,5-6,9-10,15H2/q+1. The molecule has 1 aromatic heterocycles. The number of ketones is 1. The van der Waals surface area contributed by atoms with Gasteiger partial charge in [-0.2, -0.15) is 0 Å². The van der Waals surface area contributed by atoms with E-state index in [9.17, 15) is 4.79 Å². The summed E-state index contributed by atoms with van der Waals surface area (Å²) in [4.78, 5) is 12.5. The lowest BCUT2D eigenvalue weighted by atomic mass is 9.84. The first-order valence-electron chi connectivity index (χ1n) is 7.90. The third-order valence-electron chi connectivity index (χ3n) is 4.36. The highest BCUT2D eigenvalue weighted by atomic mass is 16.1. The zero-order chi connectivity index (χ0) is 14.5. The summed E-state index contributed by atoms with van der Waals surface area (Å²) in [6, 6.07) is 14.3. The van der Waals surface area contributed by atoms with Crippen LogP contribution in [0.1, 0.15) is 48.0 Å². The van der Waals surface area contributed by atoms with E-state index in [-0.39, 0.29) is 5.92 Å². The molecule has 0 bridgehead atoms. The fourth-order valence-electron chi connectivity index (χ4n) is 3.12. The molecule has 0 aliphatic heterocycles. The molecule has 21 heavy (non-hydrogen) atoms. The summed E-state index contributed by atoms with van der Waals surface area (Å²) in [5, 5.41) is 0. The number of aromatic nitrogens is 1. The highest BCUT2D eigenvalue weighted by molar-refractivity contribution is 5.97. The van der Waals surface area contributed by atoms with Gasteiger partial charge in [-0.05, 0) is 12.8 Å². The molecule has 3 rings (SSSR count). The van der Waals surface area contributed by atoms with Gasteiger partial charge >= 0.3 is 0 Å². The van der Waals surface area contributed by atoms with Gasteiger partial charge in [-0.15, -0.1) is 0 Å². The van der Waals surface area contributed by atoms with Gasteiger partial charge in [0, 0.05) is 29.2 Å². The van der Waals surface area contributed by atoms with Gasteiger partial charge < -0.3 is 0 Å². The number of pyridine rings is 1. The van der Waals surface area contributed by atoms with E-state index in [4.69, 9.17) is 0 Å². The first-order chi connectivity index (χ1) is 10.3. The fraction of sp³-hybridized carbons (Fsp3) is 0.368. The molecule has 0 atom stereocenters. The van der Waals surface area contributed by atoms with E-state index in [0.717, 1.165) is 24.9 Å². The van der Waals surface area contributed by atoms with Crippen LogP contribution < -0.4 is 4.57 Å². The third kappa shape index (κ3) is 3.57. The summed E-state index contributed by atoms with van der Waals surface area (Å²) < 4.78 is 2.12. The van der Waals surface area contributed by atoms with Crippen LogP contribution in [0.15, 0.2) is 54.9 Å². The van der Waals surface area contributed by atoms with Gasteiger partial charge in [0.25, 0.3) is 0 Å². The molecule has 2 nitrogen and oxygen atoms in total. The molecular weight excluding hydrogens is 258 g/mol. The van der Waals surface area contributed by atoms with Crippen molar-refractivity contribution in [2.45, 2.75) is 38.6 Å². The Kier molecular flexibility index (Phi) is 4.44. The number of hydrogen-bond donors (Lipinski definition) is 0. The number of Topliss-reactive ketones (excluding diaryl/α,β-unsaturated/α-hetero) is 1. The maximum atomic E-state index is 12.5. The minimum atomic E-state index is 0.253. The van der Waals surface area contributed by atoms with Crippen molar-refractivity contribution < 1.29 is 9.36 Å². The molecular formula is C19H22NO+. The molecule has 1 fully saturated rings. The minimum Gasteiger partial charge on any atom is -0.294 e. The van der Waals surface area contributed by atoms with Crippen molar-refractivity contribution in [3.8, 4) is 0 Å². The Morgan fingerprint density at radius 1 is 0.952 bits per heavy atom. The average Bonchev–Trinajstić information content (AvgIpc) is 2.57. The lowest BCUT2D eigenvalue weighted by Crippen LogP contribution is -2.33. The minimum absolute atomic E-state index is 0.253. The Labute approximate surface area is 126 Å². The third-order valence-corrected chi connectivity index (χ3v) is 4.36.